The molecule has 0 saturated carbocycles. The molecule has 4 heteroatoms. The molecule has 1 heterocycles. The molecule has 0 saturated heterocycles. The summed E-state index contributed by atoms with van der Waals surface area (Å²) in [6.45, 7) is 0.762. The van der Waals surface area contributed by atoms with Crippen molar-refractivity contribution in [2.75, 3.05) is 7.05 Å². The molecule has 3 aromatic rings. The number of oxazole rings is 1. The lowest BCUT2D eigenvalue weighted by Crippen LogP contribution is -2.04. The minimum absolute atomic E-state index is 0.315. The Morgan fingerprint density at radius 3 is 2.84 bits per heavy atom. The number of rotatable bonds is 3. The van der Waals surface area contributed by atoms with E-state index in [9.17, 15) is 4.39 Å². The third-order valence-corrected chi connectivity index (χ3v) is 2.94. The summed E-state index contributed by atoms with van der Waals surface area (Å²) in [7, 11) is 1.89. The van der Waals surface area contributed by atoms with E-state index >= 15 is 0 Å². The molecule has 0 atom stereocenters. The maximum absolute atomic E-state index is 13.7. The molecule has 3 rings (SSSR count). The van der Waals surface area contributed by atoms with Crippen molar-refractivity contribution in [3.63, 3.8) is 0 Å². The Morgan fingerprint density at radius 1 is 1.21 bits per heavy atom. The van der Waals surface area contributed by atoms with Crippen molar-refractivity contribution in [2.45, 2.75) is 6.54 Å². The van der Waals surface area contributed by atoms with Gasteiger partial charge in [-0.2, -0.15) is 0 Å². The van der Waals surface area contributed by atoms with Crippen LogP contribution >= 0.6 is 0 Å². The van der Waals surface area contributed by atoms with Crippen molar-refractivity contribution in [2.24, 2.45) is 0 Å². The van der Waals surface area contributed by atoms with Gasteiger partial charge in [0, 0.05) is 6.54 Å². The third-order valence-electron chi connectivity index (χ3n) is 2.94. The molecule has 0 amide bonds. The topological polar surface area (TPSA) is 38.1 Å². The van der Waals surface area contributed by atoms with Crippen molar-refractivity contribution < 1.29 is 8.81 Å². The van der Waals surface area contributed by atoms with Gasteiger partial charge in [0.15, 0.2) is 5.58 Å². The van der Waals surface area contributed by atoms with Crippen LogP contribution < -0.4 is 5.32 Å². The van der Waals surface area contributed by atoms with Gasteiger partial charge in [-0.15, -0.1) is 0 Å². The summed E-state index contributed by atoms with van der Waals surface area (Å²) in [5.41, 5.74) is 2.90. The second-order valence-corrected chi connectivity index (χ2v) is 4.33. The molecule has 1 aromatic heterocycles. The van der Waals surface area contributed by atoms with Gasteiger partial charge in [-0.05, 0) is 36.9 Å². The fourth-order valence-corrected chi connectivity index (χ4v) is 2.04. The van der Waals surface area contributed by atoms with E-state index in [2.05, 4.69) is 10.3 Å². The standard InChI is InChI=1S/C15H13FN2O/c1-17-9-10-6-7-14-13(8-10)18-15(19-14)11-4-2-3-5-12(11)16/h2-8,17H,9H2,1H3. The van der Waals surface area contributed by atoms with Crippen LogP contribution in [0.2, 0.25) is 0 Å². The Balaban J connectivity index is 2.09. The number of nitrogens with one attached hydrogen (secondary N) is 1. The molecule has 0 spiro atoms. The fourth-order valence-electron chi connectivity index (χ4n) is 2.04. The summed E-state index contributed by atoms with van der Waals surface area (Å²) in [6.07, 6.45) is 0. The van der Waals surface area contributed by atoms with E-state index in [4.69, 9.17) is 4.42 Å². The van der Waals surface area contributed by atoms with Crippen molar-refractivity contribution in [3.05, 3.63) is 53.8 Å². The van der Waals surface area contributed by atoms with Crippen molar-refractivity contribution in [1.82, 2.24) is 10.3 Å². The number of halogens is 1. The predicted molar refractivity (Wildman–Crippen MR) is 72.2 cm³/mol. The summed E-state index contributed by atoms with van der Waals surface area (Å²) < 4.78 is 19.3. The van der Waals surface area contributed by atoms with Gasteiger partial charge in [0.25, 0.3) is 0 Å². The Hall–Kier alpha value is -2.20. The summed E-state index contributed by atoms with van der Waals surface area (Å²) in [5, 5.41) is 3.08. The van der Waals surface area contributed by atoms with Crippen LogP contribution in [0.25, 0.3) is 22.6 Å². The maximum Gasteiger partial charge on any atom is 0.230 e. The number of hydrogen-bond donors (Lipinski definition) is 1. The van der Waals surface area contributed by atoms with Crippen LogP contribution in [0.3, 0.4) is 0 Å². The molecule has 96 valence electrons. The summed E-state index contributed by atoms with van der Waals surface area (Å²) in [5.74, 6) is -0.0146. The molecule has 0 fully saturated rings. The largest absolute Gasteiger partial charge is 0.436 e. The van der Waals surface area contributed by atoms with Crippen LogP contribution in [0.5, 0.6) is 0 Å². The zero-order chi connectivity index (χ0) is 13.2. The van der Waals surface area contributed by atoms with Crippen LogP contribution in [-0.4, -0.2) is 12.0 Å². The SMILES string of the molecule is CNCc1ccc2oc(-c3ccccc3F)nc2c1. The average Bonchev–Trinajstić information content (AvgIpc) is 2.82. The van der Waals surface area contributed by atoms with E-state index in [1.54, 1.807) is 18.2 Å². The number of benzene rings is 2. The smallest absolute Gasteiger partial charge is 0.230 e. The lowest BCUT2D eigenvalue weighted by Gasteiger charge is -1.97. The summed E-state index contributed by atoms with van der Waals surface area (Å²) >= 11 is 0. The molecule has 2 aromatic carbocycles. The van der Waals surface area contributed by atoms with Crippen molar-refractivity contribution in [1.29, 1.82) is 0 Å². The fraction of sp³-hybridized carbons (Fsp3) is 0.133. The molecule has 0 aliphatic rings. The van der Waals surface area contributed by atoms with E-state index in [-0.39, 0.29) is 5.82 Å². The van der Waals surface area contributed by atoms with E-state index in [0.29, 0.717) is 17.0 Å². The molecular formula is C15H13FN2O. The molecule has 0 unspecified atom stereocenters. The molecular weight excluding hydrogens is 243 g/mol. The predicted octanol–water partition coefficient (Wildman–Crippen LogP) is 3.35. The van der Waals surface area contributed by atoms with Gasteiger partial charge in [-0.1, -0.05) is 18.2 Å². The van der Waals surface area contributed by atoms with E-state index in [1.165, 1.54) is 6.07 Å². The average molecular weight is 256 g/mol. The zero-order valence-electron chi connectivity index (χ0n) is 10.5. The molecule has 0 radical (unpaired) electrons. The van der Waals surface area contributed by atoms with Gasteiger partial charge in [0.2, 0.25) is 5.89 Å². The Labute approximate surface area is 110 Å². The van der Waals surface area contributed by atoms with Gasteiger partial charge in [0.1, 0.15) is 11.3 Å². The Kier molecular flexibility index (Phi) is 3.01. The zero-order valence-corrected chi connectivity index (χ0v) is 10.5. The minimum Gasteiger partial charge on any atom is -0.436 e. The van der Waals surface area contributed by atoms with Crippen molar-refractivity contribution >= 4 is 11.1 Å². The lowest BCUT2D eigenvalue weighted by molar-refractivity contribution is 0.593. The first kappa shape index (κ1) is 11.9. The van der Waals surface area contributed by atoms with Gasteiger partial charge >= 0.3 is 0 Å². The second-order valence-electron chi connectivity index (χ2n) is 4.33. The van der Waals surface area contributed by atoms with Crippen molar-refractivity contribution in [3.8, 4) is 11.5 Å². The van der Waals surface area contributed by atoms with Crippen LogP contribution in [0.15, 0.2) is 46.9 Å². The minimum atomic E-state index is -0.329. The molecule has 19 heavy (non-hydrogen) atoms. The maximum atomic E-state index is 13.7. The normalized spacial score (nSPS) is 11.1. The highest BCUT2D eigenvalue weighted by Gasteiger charge is 2.12. The van der Waals surface area contributed by atoms with E-state index in [1.807, 2.05) is 25.2 Å². The monoisotopic (exact) mass is 256 g/mol. The van der Waals surface area contributed by atoms with E-state index in [0.717, 1.165) is 17.6 Å². The highest BCUT2D eigenvalue weighted by atomic mass is 19.1. The molecule has 0 aliphatic heterocycles. The first-order chi connectivity index (χ1) is 9.28. The van der Waals surface area contributed by atoms with E-state index < -0.39 is 0 Å². The van der Waals surface area contributed by atoms with Crippen LogP contribution in [0.4, 0.5) is 4.39 Å². The van der Waals surface area contributed by atoms with Gasteiger partial charge in [-0.25, -0.2) is 9.37 Å². The summed E-state index contributed by atoms with van der Waals surface area (Å²) in [6, 6.07) is 12.2. The molecule has 3 nitrogen and oxygen atoms in total. The quantitative estimate of drug-likeness (QED) is 0.781. The van der Waals surface area contributed by atoms with Gasteiger partial charge in [0.05, 0.1) is 5.56 Å². The summed E-state index contributed by atoms with van der Waals surface area (Å²) in [4.78, 5) is 4.35. The molecule has 1 N–H and O–H groups in total. The lowest BCUT2D eigenvalue weighted by atomic mass is 10.2. The third kappa shape index (κ3) is 2.22. The highest BCUT2D eigenvalue weighted by molar-refractivity contribution is 5.77. The molecule has 0 bridgehead atoms. The Bertz CT molecular complexity index is 721. The van der Waals surface area contributed by atoms with Crippen LogP contribution in [0.1, 0.15) is 5.56 Å². The number of aromatic nitrogens is 1. The van der Waals surface area contributed by atoms with Crippen LogP contribution in [-0.2, 0) is 6.54 Å². The van der Waals surface area contributed by atoms with Gasteiger partial charge in [-0.3, -0.25) is 0 Å². The highest BCUT2D eigenvalue weighted by Crippen LogP contribution is 2.26. The second kappa shape index (κ2) is 4.82. The number of nitrogens with zero attached hydrogens (tertiary/aromatic N) is 1. The first-order valence-electron chi connectivity index (χ1n) is 6.07. The Morgan fingerprint density at radius 2 is 2.05 bits per heavy atom. The molecule has 0 aliphatic carbocycles. The first-order valence-corrected chi connectivity index (χ1v) is 6.07. The van der Waals surface area contributed by atoms with Crippen LogP contribution in [0, 0.1) is 5.82 Å². The number of fused-ring (bicyclic) bond motifs is 1. The number of hydrogen-bond acceptors (Lipinski definition) is 3. The van der Waals surface area contributed by atoms with Gasteiger partial charge < -0.3 is 9.73 Å².